The number of nitrogens with one attached hydrogen (secondary N) is 1. The highest BCUT2D eigenvalue weighted by molar-refractivity contribution is 7.84. The summed E-state index contributed by atoms with van der Waals surface area (Å²) in [6, 6.07) is 7.51. The molecule has 1 saturated heterocycles. The fraction of sp³-hybridized carbons (Fsp3) is 0.417. The third-order valence-electron chi connectivity index (χ3n) is 2.78. The zero-order valence-electron chi connectivity index (χ0n) is 9.64. The molecule has 1 N–H and O–H groups in total. The van der Waals surface area contributed by atoms with Gasteiger partial charge in [-0.15, -0.1) is 0 Å². The van der Waals surface area contributed by atoms with Crippen LogP contribution in [0.25, 0.3) is 0 Å². The molecule has 1 aromatic rings. The Hall–Kier alpha value is -1.36. The monoisotopic (exact) mass is 253 g/mol. The molecule has 1 aromatic carbocycles. The lowest BCUT2D eigenvalue weighted by Crippen LogP contribution is -2.20. The van der Waals surface area contributed by atoms with Crippen LogP contribution in [0.1, 0.15) is 12.0 Å². The molecular weight excluding hydrogens is 238 g/mol. The fourth-order valence-electron chi connectivity index (χ4n) is 1.77. The second-order valence-corrected chi connectivity index (χ2v) is 5.72. The van der Waals surface area contributed by atoms with Gasteiger partial charge in [0.15, 0.2) is 0 Å². The van der Waals surface area contributed by atoms with Gasteiger partial charge in [0.25, 0.3) is 0 Å². The van der Waals surface area contributed by atoms with E-state index in [0.717, 1.165) is 11.3 Å². The summed E-state index contributed by atoms with van der Waals surface area (Å²) in [6.45, 7) is 0.529. The van der Waals surface area contributed by atoms with Crippen molar-refractivity contribution < 1.29 is 13.7 Å². The molecular formula is C12H15NO3S. The molecule has 1 unspecified atom stereocenters. The smallest absolute Gasteiger partial charge is 0.221 e. The Bertz CT molecular complexity index is 430. The highest BCUT2D eigenvalue weighted by Crippen LogP contribution is 2.16. The van der Waals surface area contributed by atoms with Gasteiger partial charge in [-0.1, -0.05) is 12.1 Å². The first kappa shape index (κ1) is 12.1. The molecule has 0 bridgehead atoms. The lowest BCUT2D eigenvalue weighted by atomic mass is 10.2. The van der Waals surface area contributed by atoms with E-state index in [0.29, 0.717) is 18.7 Å². The van der Waals surface area contributed by atoms with Crippen LogP contribution in [0.2, 0.25) is 0 Å². The van der Waals surface area contributed by atoms with E-state index in [9.17, 15) is 9.00 Å². The summed E-state index contributed by atoms with van der Waals surface area (Å²) >= 11 is 0. The standard InChI is InChI=1S/C12H15NO3S/c1-16-10-4-2-9(3-5-10)8-17(15)11-6-12(14)13-7-11/h2-5,11H,6-8H2,1H3,(H,13,14)/t11-,17?/m1/s1. The first-order valence-electron chi connectivity index (χ1n) is 5.46. The van der Waals surface area contributed by atoms with E-state index in [1.807, 2.05) is 24.3 Å². The minimum absolute atomic E-state index is 0.00178. The quantitative estimate of drug-likeness (QED) is 0.865. The van der Waals surface area contributed by atoms with E-state index < -0.39 is 10.8 Å². The minimum Gasteiger partial charge on any atom is -0.497 e. The van der Waals surface area contributed by atoms with Gasteiger partial charge in [0.1, 0.15) is 5.75 Å². The lowest BCUT2D eigenvalue weighted by molar-refractivity contribution is -0.119. The second-order valence-electron chi connectivity index (χ2n) is 4.00. The normalized spacial score (nSPS) is 21.0. The highest BCUT2D eigenvalue weighted by atomic mass is 32.2. The SMILES string of the molecule is COc1ccc(CS(=O)[C@H]2CNC(=O)C2)cc1. The number of hydrogen-bond acceptors (Lipinski definition) is 3. The maximum Gasteiger partial charge on any atom is 0.221 e. The van der Waals surface area contributed by atoms with Crippen molar-refractivity contribution in [2.45, 2.75) is 17.4 Å². The molecule has 1 fully saturated rings. The third kappa shape index (κ3) is 3.06. The predicted molar refractivity (Wildman–Crippen MR) is 66.3 cm³/mol. The van der Waals surface area contributed by atoms with Crippen LogP contribution >= 0.6 is 0 Å². The number of ether oxygens (including phenoxy) is 1. The van der Waals surface area contributed by atoms with Crippen LogP contribution in [0, 0.1) is 0 Å². The highest BCUT2D eigenvalue weighted by Gasteiger charge is 2.26. The van der Waals surface area contributed by atoms with Crippen molar-refractivity contribution in [2.24, 2.45) is 0 Å². The zero-order chi connectivity index (χ0) is 12.3. The summed E-state index contributed by atoms with van der Waals surface area (Å²) in [4.78, 5) is 11.0. The molecule has 5 heteroatoms. The number of rotatable bonds is 4. The summed E-state index contributed by atoms with van der Waals surface area (Å²) in [6.07, 6.45) is 0.378. The molecule has 0 radical (unpaired) electrons. The number of carbonyl (C=O) groups is 1. The topological polar surface area (TPSA) is 55.4 Å². The van der Waals surface area contributed by atoms with Gasteiger partial charge >= 0.3 is 0 Å². The first-order valence-corrected chi connectivity index (χ1v) is 6.84. The summed E-state index contributed by atoms with van der Waals surface area (Å²) in [5, 5.41) is 2.65. The molecule has 2 rings (SSSR count). The van der Waals surface area contributed by atoms with Gasteiger partial charge in [-0.2, -0.15) is 0 Å². The van der Waals surface area contributed by atoms with Crippen molar-refractivity contribution in [1.29, 1.82) is 0 Å². The molecule has 17 heavy (non-hydrogen) atoms. The van der Waals surface area contributed by atoms with Gasteiger partial charge in [0.2, 0.25) is 5.91 Å². The number of amides is 1. The Balaban J connectivity index is 1.95. The Morgan fingerprint density at radius 3 is 2.65 bits per heavy atom. The lowest BCUT2D eigenvalue weighted by Gasteiger charge is -2.08. The van der Waals surface area contributed by atoms with E-state index in [2.05, 4.69) is 5.32 Å². The summed E-state index contributed by atoms with van der Waals surface area (Å²) in [5.74, 6) is 1.28. The molecule has 0 spiro atoms. The van der Waals surface area contributed by atoms with Gasteiger partial charge in [0, 0.05) is 29.5 Å². The zero-order valence-corrected chi connectivity index (χ0v) is 10.5. The number of methoxy groups -OCH3 is 1. The van der Waals surface area contributed by atoms with E-state index in [4.69, 9.17) is 4.74 Å². The minimum atomic E-state index is -1.000. The number of carbonyl (C=O) groups excluding carboxylic acids is 1. The van der Waals surface area contributed by atoms with E-state index in [1.165, 1.54) is 0 Å². The Labute approximate surface area is 103 Å². The molecule has 0 aliphatic carbocycles. The Kier molecular flexibility index (Phi) is 3.78. The molecule has 1 aliphatic heterocycles. The molecule has 92 valence electrons. The van der Waals surface area contributed by atoms with Gasteiger partial charge in [-0.05, 0) is 17.7 Å². The molecule has 0 saturated carbocycles. The summed E-state index contributed by atoms with van der Waals surface area (Å²) in [7, 11) is 0.614. The van der Waals surface area contributed by atoms with Crippen molar-refractivity contribution in [3.05, 3.63) is 29.8 Å². The molecule has 1 aliphatic rings. The van der Waals surface area contributed by atoms with Gasteiger partial charge < -0.3 is 10.1 Å². The number of hydrogen-bond donors (Lipinski definition) is 1. The van der Waals surface area contributed by atoms with Crippen LogP contribution in [0.4, 0.5) is 0 Å². The van der Waals surface area contributed by atoms with Crippen molar-refractivity contribution in [3.63, 3.8) is 0 Å². The molecule has 4 nitrogen and oxygen atoms in total. The van der Waals surface area contributed by atoms with Gasteiger partial charge in [-0.3, -0.25) is 9.00 Å². The van der Waals surface area contributed by atoms with Crippen LogP contribution in [0.15, 0.2) is 24.3 Å². The number of benzene rings is 1. The summed E-state index contributed by atoms with van der Waals surface area (Å²) < 4.78 is 17.1. The van der Waals surface area contributed by atoms with E-state index >= 15 is 0 Å². The molecule has 1 amide bonds. The Morgan fingerprint density at radius 1 is 1.41 bits per heavy atom. The summed E-state index contributed by atoms with van der Waals surface area (Å²) in [5.41, 5.74) is 1.00. The van der Waals surface area contributed by atoms with E-state index in [-0.39, 0.29) is 11.2 Å². The molecule has 0 aromatic heterocycles. The predicted octanol–water partition coefficient (Wildman–Crippen LogP) is 0.832. The van der Waals surface area contributed by atoms with Gasteiger partial charge in [0.05, 0.1) is 12.4 Å². The van der Waals surface area contributed by atoms with Crippen molar-refractivity contribution in [1.82, 2.24) is 5.32 Å². The van der Waals surface area contributed by atoms with Crippen LogP contribution < -0.4 is 10.1 Å². The Morgan fingerprint density at radius 2 is 2.12 bits per heavy atom. The third-order valence-corrected chi connectivity index (χ3v) is 4.47. The maximum atomic E-state index is 12.0. The average Bonchev–Trinajstić information content (AvgIpc) is 2.77. The van der Waals surface area contributed by atoms with Crippen LogP contribution in [0.5, 0.6) is 5.75 Å². The van der Waals surface area contributed by atoms with Gasteiger partial charge in [-0.25, -0.2) is 0 Å². The van der Waals surface area contributed by atoms with Crippen LogP contribution in [-0.4, -0.2) is 29.0 Å². The maximum absolute atomic E-state index is 12.0. The average molecular weight is 253 g/mol. The van der Waals surface area contributed by atoms with Crippen LogP contribution in [0.3, 0.4) is 0 Å². The fourth-order valence-corrected chi connectivity index (χ4v) is 3.13. The van der Waals surface area contributed by atoms with Crippen molar-refractivity contribution >= 4 is 16.7 Å². The van der Waals surface area contributed by atoms with Crippen LogP contribution in [-0.2, 0) is 21.3 Å². The largest absolute Gasteiger partial charge is 0.497 e. The second kappa shape index (κ2) is 5.31. The molecule has 2 atom stereocenters. The molecule has 1 heterocycles. The van der Waals surface area contributed by atoms with Crippen molar-refractivity contribution in [2.75, 3.05) is 13.7 Å². The van der Waals surface area contributed by atoms with E-state index in [1.54, 1.807) is 7.11 Å². The van der Waals surface area contributed by atoms with Crippen molar-refractivity contribution in [3.8, 4) is 5.75 Å². The first-order chi connectivity index (χ1) is 8.19.